The number of nitrogens with zero attached hydrogens (tertiary/aromatic N) is 2. The number of pyridine rings is 1. The highest BCUT2D eigenvalue weighted by molar-refractivity contribution is 6.01. The number of H-pyrrole nitrogens is 1. The van der Waals surface area contributed by atoms with Crippen LogP contribution >= 0.6 is 0 Å². The fraction of sp³-hybridized carbons (Fsp3) is 0.0833. The van der Waals surface area contributed by atoms with E-state index in [-0.39, 0.29) is 0 Å². The Morgan fingerprint density at radius 3 is 2.71 bits per heavy atom. The molecule has 0 aliphatic carbocycles. The Kier molecular flexibility index (Phi) is 3.00. The quantitative estimate of drug-likeness (QED) is 0.619. The van der Waals surface area contributed by atoms with Gasteiger partial charge in [0, 0.05) is 12.3 Å². The smallest absolute Gasteiger partial charge is 0.300 e. The molecule has 3 aromatic rings. The summed E-state index contributed by atoms with van der Waals surface area (Å²) in [6, 6.07) is 8.03. The van der Waals surface area contributed by atoms with Crippen molar-refractivity contribution in [3.8, 4) is 0 Å². The highest BCUT2D eigenvalue weighted by Gasteiger charge is 2.01. The third kappa shape index (κ3) is 2.39. The van der Waals surface area contributed by atoms with Crippen LogP contribution in [-0.2, 0) is 4.79 Å². The first kappa shape index (κ1) is 11.1. The highest BCUT2D eigenvalue weighted by Crippen LogP contribution is 2.19. The second-order valence-electron chi connectivity index (χ2n) is 3.46. The van der Waals surface area contributed by atoms with E-state index in [1.807, 2.05) is 24.3 Å². The van der Waals surface area contributed by atoms with E-state index in [0.717, 1.165) is 28.9 Å². The number of rotatable bonds is 0. The van der Waals surface area contributed by atoms with Crippen LogP contribution in [0.4, 0.5) is 0 Å². The van der Waals surface area contributed by atoms with Gasteiger partial charge in [-0.15, -0.1) is 0 Å². The summed E-state index contributed by atoms with van der Waals surface area (Å²) in [5, 5.41) is 8.54. The van der Waals surface area contributed by atoms with Crippen LogP contribution in [0.2, 0.25) is 0 Å². The van der Waals surface area contributed by atoms with Gasteiger partial charge in [0.15, 0.2) is 0 Å². The molecule has 2 heterocycles. The summed E-state index contributed by atoms with van der Waals surface area (Å²) in [7, 11) is 0. The zero-order chi connectivity index (χ0) is 12.3. The summed E-state index contributed by atoms with van der Waals surface area (Å²) in [6.45, 7) is 1.08. The van der Waals surface area contributed by atoms with Crippen molar-refractivity contribution in [2.75, 3.05) is 0 Å². The molecule has 5 heteroatoms. The number of aromatic nitrogens is 3. The molecule has 2 N–H and O–H groups in total. The molecule has 0 fully saturated rings. The van der Waals surface area contributed by atoms with E-state index in [4.69, 9.17) is 9.90 Å². The van der Waals surface area contributed by atoms with Gasteiger partial charge in [0.1, 0.15) is 5.52 Å². The van der Waals surface area contributed by atoms with Gasteiger partial charge < -0.3 is 10.1 Å². The van der Waals surface area contributed by atoms with Crippen molar-refractivity contribution >= 4 is 27.9 Å². The highest BCUT2D eigenvalue weighted by atomic mass is 16.4. The average molecular weight is 229 g/mol. The zero-order valence-electron chi connectivity index (χ0n) is 9.21. The lowest BCUT2D eigenvalue weighted by Crippen LogP contribution is -1.79. The van der Waals surface area contributed by atoms with E-state index in [0.29, 0.717) is 0 Å². The molecule has 1 aromatic carbocycles. The summed E-state index contributed by atoms with van der Waals surface area (Å²) in [6.07, 6.45) is 3.48. The number of benzene rings is 1. The number of imidazole rings is 1. The fourth-order valence-electron chi connectivity index (χ4n) is 1.55. The van der Waals surface area contributed by atoms with Gasteiger partial charge in [-0.05, 0) is 6.07 Å². The maximum absolute atomic E-state index is 9.00. The van der Waals surface area contributed by atoms with Crippen molar-refractivity contribution in [3.63, 3.8) is 0 Å². The Morgan fingerprint density at radius 1 is 1.24 bits per heavy atom. The number of carboxylic acids is 1. The molecule has 0 radical (unpaired) electrons. The molecule has 5 nitrogen and oxygen atoms in total. The molecule has 0 spiro atoms. The van der Waals surface area contributed by atoms with E-state index in [1.54, 1.807) is 12.5 Å². The summed E-state index contributed by atoms with van der Waals surface area (Å²) in [4.78, 5) is 20.6. The maximum Gasteiger partial charge on any atom is 0.300 e. The SMILES string of the molecule is CC(=O)O.c1ccc2c(c1)ncc1nc[nH]c12. The molecule has 0 unspecified atom stereocenters. The second kappa shape index (κ2) is 4.61. The Morgan fingerprint density at radius 2 is 1.94 bits per heavy atom. The standard InChI is InChI=1S/C10H7N3.C2H4O2/c1-2-4-8-7(3-1)10-9(5-11-8)12-6-13-10;1-2(3)4/h1-6H,(H,12,13);1H3,(H,3,4). The lowest BCUT2D eigenvalue weighted by atomic mass is 10.2. The van der Waals surface area contributed by atoms with Crippen molar-refractivity contribution in [2.45, 2.75) is 6.92 Å². The first-order valence-electron chi connectivity index (χ1n) is 5.05. The van der Waals surface area contributed by atoms with Gasteiger partial charge in [-0.1, -0.05) is 18.2 Å². The Bertz CT molecular complexity index is 657. The number of hydrogen-bond acceptors (Lipinski definition) is 3. The summed E-state index contributed by atoms with van der Waals surface area (Å²) in [5.74, 6) is -0.833. The Hall–Kier alpha value is -2.43. The summed E-state index contributed by atoms with van der Waals surface area (Å²) >= 11 is 0. The van der Waals surface area contributed by atoms with Crippen LogP contribution in [0.1, 0.15) is 6.92 Å². The Labute approximate surface area is 97.1 Å². The lowest BCUT2D eigenvalue weighted by molar-refractivity contribution is -0.134. The zero-order valence-corrected chi connectivity index (χ0v) is 9.21. The van der Waals surface area contributed by atoms with Gasteiger partial charge in [-0.25, -0.2) is 4.98 Å². The third-order valence-electron chi connectivity index (χ3n) is 2.17. The molecule has 2 aromatic heterocycles. The molecule has 0 bridgehead atoms. The fourth-order valence-corrected chi connectivity index (χ4v) is 1.55. The van der Waals surface area contributed by atoms with Crippen LogP contribution in [0.3, 0.4) is 0 Å². The minimum absolute atomic E-state index is 0.833. The van der Waals surface area contributed by atoms with Crippen LogP contribution in [0.5, 0.6) is 0 Å². The third-order valence-corrected chi connectivity index (χ3v) is 2.17. The van der Waals surface area contributed by atoms with Crippen LogP contribution in [0, 0.1) is 0 Å². The van der Waals surface area contributed by atoms with Gasteiger partial charge in [-0.3, -0.25) is 9.78 Å². The maximum atomic E-state index is 9.00. The van der Waals surface area contributed by atoms with Crippen molar-refractivity contribution in [3.05, 3.63) is 36.8 Å². The number of carboxylic acid groups (broad SMARTS) is 1. The van der Waals surface area contributed by atoms with Gasteiger partial charge in [0.05, 0.1) is 23.6 Å². The molecule has 0 aliphatic rings. The number of carbonyl (C=O) groups is 1. The molecule has 17 heavy (non-hydrogen) atoms. The molecule has 3 rings (SSSR count). The molecular weight excluding hydrogens is 218 g/mol. The summed E-state index contributed by atoms with van der Waals surface area (Å²) in [5.41, 5.74) is 2.98. The summed E-state index contributed by atoms with van der Waals surface area (Å²) < 4.78 is 0. The molecule has 0 saturated carbocycles. The predicted octanol–water partition coefficient (Wildman–Crippen LogP) is 2.20. The average Bonchev–Trinajstić information content (AvgIpc) is 2.76. The van der Waals surface area contributed by atoms with Crippen molar-refractivity contribution in [2.24, 2.45) is 0 Å². The normalized spacial score (nSPS) is 9.94. The number of hydrogen-bond donors (Lipinski definition) is 2. The van der Waals surface area contributed by atoms with Crippen LogP contribution in [-0.4, -0.2) is 26.0 Å². The van der Waals surface area contributed by atoms with Gasteiger partial charge in [-0.2, -0.15) is 0 Å². The second-order valence-corrected chi connectivity index (χ2v) is 3.46. The topological polar surface area (TPSA) is 78.9 Å². The van der Waals surface area contributed by atoms with Gasteiger partial charge >= 0.3 is 0 Å². The van der Waals surface area contributed by atoms with Crippen LogP contribution in [0.25, 0.3) is 21.9 Å². The van der Waals surface area contributed by atoms with Crippen molar-refractivity contribution in [1.82, 2.24) is 15.0 Å². The largest absolute Gasteiger partial charge is 0.481 e. The van der Waals surface area contributed by atoms with E-state index in [9.17, 15) is 0 Å². The lowest BCUT2D eigenvalue weighted by Gasteiger charge is -1.95. The molecule has 0 aliphatic heterocycles. The van der Waals surface area contributed by atoms with E-state index in [1.165, 1.54) is 0 Å². The molecule has 0 amide bonds. The van der Waals surface area contributed by atoms with E-state index in [2.05, 4.69) is 15.0 Å². The van der Waals surface area contributed by atoms with Crippen LogP contribution < -0.4 is 0 Å². The minimum atomic E-state index is -0.833. The van der Waals surface area contributed by atoms with Gasteiger partial charge in [0.25, 0.3) is 5.97 Å². The number of para-hydroxylation sites is 1. The molecule has 0 saturated heterocycles. The van der Waals surface area contributed by atoms with Crippen molar-refractivity contribution < 1.29 is 9.90 Å². The number of fused-ring (bicyclic) bond motifs is 3. The van der Waals surface area contributed by atoms with E-state index >= 15 is 0 Å². The monoisotopic (exact) mass is 229 g/mol. The van der Waals surface area contributed by atoms with Gasteiger partial charge in [0.2, 0.25) is 0 Å². The molecule has 86 valence electrons. The number of aliphatic carboxylic acids is 1. The van der Waals surface area contributed by atoms with E-state index < -0.39 is 5.97 Å². The molecular formula is C12H11N3O2. The predicted molar refractivity (Wildman–Crippen MR) is 64.7 cm³/mol. The minimum Gasteiger partial charge on any atom is -0.481 e. The number of aromatic amines is 1. The van der Waals surface area contributed by atoms with Crippen molar-refractivity contribution in [1.29, 1.82) is 0 Å². The van der Waals surface area contributed by atoms with Crippen LogP contribution in [0.15, 0.2) is 36.8 Å². The molecule has 0 atom stereocenters. The number of nitrogens with one attached hydrogen (secondary N) is 1. The first-order chi connectivity index (χ1) is 8.18. The first-order valence-corrected chi connectivity index (χ1v) is 5.05. The Balaban J connectivity index is 0.000000239.